The Labute approximate surface area is 115 Å². The van der Waals surface area contributed by atoms with E-state index in [0.29, 0.717) is 30.6 Å². The highest BCUT2D eigenvalue weighted by molar-refractivity contribution is 7.89. The molecule has 1 saturated heterocycles. The van der Waals surface area contributed by atoms with Gasteiger partial charge in [-0.25, -0.2) is 8.42 Å². The molecule has 1 unspecified atom stereocenters. The van der Waals surface area contributed by atoms with E-state index in [9.17, 15) is 8.42 Å². The maximum atomic E-state index is 12.5. The lowest BCUT2D eigenvalue weighted by Gasteiger charge is -2.20. The average molecular weight is 283 g/mol. The third kappa shape index (κ3) is 2.97. The molecule has 106 valence electrons. The molecule has 0 spiro atoms. The van der Waals surface area contributed by atoms with Gasteiger partial charge >= 0.3 is 0 Å². The van der Waals surface area contributed by atoms with Gasteiger partial charge in [-0.15, -0.1) is 0 Å². The van der Waals surface area contributed by atoms with E-state index in [1.54, 1.807) is 28.6 Å². The summed E-state index contributed by atoms with van der Waals surface area (Å²) in [6, 6.07) is 7.12. The molecular weight excluding hydrogens is 262 g/mol. The second kappa shape index (κ2) is 5.58. The van der Waals surface area contributed by atoms with E-state index in [4.69, 9.17) is 5.73 Å². The van der Waals surface area contributed by atoms with Crippen molar-refractivity contribution in [2.45, 2.75) is 23.9 Å². The van der Waals surface area contributed by atoms with Crippen LogP contribution in [0, 0.1) is 0 Å². The van der Waals surface area contributed by atoms with E-state index in [1.165, 1.54) is 0 Å². The van der Waals surface area contributed by atoms with Crippen molar-refractivity contribution >= 4 is 10.0 Å². The molecule has 0 radical (unpaired) electrons. The Bertz CT molecular complexity index is 525. The molecule has 1 aliphatic heterocycles. The molecule has 1 fully saturated rings. The van der Waals surface area contributed by atoms with Crippen molar-refractivity contribution in [1.29, 1.82) is 0 Å². The fraction of sp³-hybridized carbons (Fsp3) is 0.538. The van der Waals surface area contributed by atoms with E-state index >= 15 is 0 Å². The van der Waals surface area contributed by atoms with E-state index in [1.807, 2.05) is 14.1 Å². The highest BCUT2D eigenvalue weighted by atomic mass is 32.2. The molecule has 2 rings (SSSR count). The molecule has 1 heterocycles. The van der Waals surface area contributed by atoms with Gasteiger partial charge in [0.15, 0.2) is 0 Å². The number of likely N-dealkylation sites (N-methyl/N-ethyl adjacent to an activating group) is 1. The highest BCUT2D eigenvalue weighted by Gasteiger charge is 2.33. The zero-order valence-corrected chi connectivity index (χ0v) is 12.2. The lowest BCUT2D eigenvalue weighted by molar-refractivity contribution is 0.302. The zero-order chi connectivity index (χ0) is 14.0. The van der Waals surface area contributed by atoms with Crippen LogP contribution >= 0.6 is 0 Å². The molecule has 1 aromatic carbocycles. The minimum Gasteiger partial charge on any atom is -0.326 e. The van der Waals surface area contributed by atoms with Crippen LogP contribution in [-0.4, -0.2) is 50.8 Å². The molecule has 19 heavy (non-hydrogen) atoms. The number of sulfonamides is 1. The lowest BCUT2D eigenvalue weighted by Crippen LogP contribution is -2.34. The SMILES string of the molecule is CN(C)C1CCN(S(=O)(=O)c2ccc(CN)cc2)C1. The molecule has 6 heteroatoms. The molecule has 1 aromatic rings. The first-order chi connectivity index (χ1) is 8.95. The van der Waals surface area contributed by atoms with Crippen LogP contribution in [-0.2, 0) is 16.6 Å². The maximum absolute atomic E-state index is 12.5. The minimum atomic E-state index is -3.36. The summed E-state index contributed by atoms with van der Waals surface area (Å²) in [6.45, 7) is 1.57. The van der Waals surface area contributed by atoms with Crippen LogP contribution in [0.4, 0.5) is 0 Å². The maximum Gasteiger partial charge on any atom is 0.243 e. The van der Waals surface area contributed by atoms with Crippen LogP contribution in [0.5, 0.6) is 0 Å². The van der Waals surface area contributed by atoms with Gasteiger partial charge in [0.25, 0.3) is 0 Å². The summed E-state index contributed by atoms with van der Waals surface area (Å²) in [5.41, 5.74) is 6.45. The third-order valence-corrected chi connectivity index (χ3v) is 5.53. The van der Waals surface area contributed by atoms with Gasteiger partial charge in [0.05, 0.1) is 4.90 Å². The van der Waals surface area contributed by atoms with Crippen molar-refractivity contribution in [3.05, 3.63) is 29.8 Å². The normalized spacial score (nSPS) is 21.2. The third-order valence-electron chi connectivity index (χ3n) is 3.65. The van der Waals surface area contributed by atoms with Gasteiger partial charge < -0.3 is 10.6 Å². The fourth-order valence-electron chi connectivity index (χ4n) is 2.30. The molecule has 1 aliphatic rings. The van der Waals surface area contributed by atoms with Crippen LogP contribution in [0.3, 0.4) is 0 Å². The minimum absolute atomic E-state index is 0.304. The summed E-state index contributed by atoms with van der Waals surface area (Å²) in [4.78, 5) is 2.43. The second-order valence-corrected chi connectivity index (χ2v) is 7.06. The van der Waals surface area contributed by atoms with Crippen molar-refractivity contribution in [3.8, 4) is 0 Å². The molecule has 2 N–H and O–H groups in total. The zero-order valence-electron chi connectivity index (χ0n) is 11.4. The largest absolute Gasteiger partial charge is 0.326 e. The van der Waals surface area contributed by atoms with E-state index < -0.39 is 10.0 Å². The predicted octanol–water partition coefficient (Wildman–Crippen LogP) is 0.470. The van der Waals surface area contributed by atoms with Crippen molar-refractivity contribution in [3.63, 3.8) is 0 Å². The summed E-state index contributed by atoms with van der Waals surface area (Å²) in [5.74, 6) is 0. The van der Waals surface area contributed by atoms with E-state index in [-0.39, 0.29) is 0 Å². The van der Waals surface area contributed by atoms with Crippen LogP contribution in [0.25, 0.3) is 0 Å². The number of nitrogens with zero attached hydrogens (tertiary/aromatic N) is 2. The second-order valence-electron chi connectivity index (χ2n) is 5.12. The number of hydrogen-bond acceptors (Lipinski definition) is 4. The Morgan fingerprint density at radius 3 is 2.42 bits per heavy atom. The Hall–Kier alpha value is -0.950. The van der Waals surface area contributed by atoms with Gasteiger partial charge in [0.1, 0.15) is 0 Å². The average Bonchev–Trinajstić information content (AvgIpc) is 2.89. The Morgan fingerprint density at radius 2 is 1.95 bits per heavy atom. The number of hydrogen-bond donors (Lipinski definition) is 1. The molecular formula is C13H21N3O2S. The van der Waals surface area contributed by atoms with Gasteiger partial charge in [-0.05, 0) is 38.2 Å². The van der Waals surface area contributed by atoms with E-state index in [2.05, 4.69) is 4.90 Å². The van der Waals surface area contributed by atoms with Gasteiger partial charge in [-0.3, -0.25) is 0 Å². The summed E-state index contributed by atoms with van der Waals surface area (Å²) < 4.78 is 26.5. The first-order valence-electron chi connectivity index (χ1n) is 6.40. The van der Waals surface area contributed by atoms with Gasteiger partial charge in [-0.1, -0.05) is 12.1 Å². The molecule has 5 nitrogen and oxygen atoms in total. The molecule has 0 bridgehead atoms. The van der Waals surface area contributed by atoms with Gasteiger partial charge in [-0.2, -0.15) is 4.31 Å². The quantitative estimate of drug-likeness (QED) is 0.872. The summed E-state index contributed by atoms with van der Waals surface area (Å²) in [6.07, 6.45) is 0.882. The number of nitrogens with two attached hydrogens (primary N) is 1. The topological polar surface area (TPSA) is 66.6 Å². The molecule has 0 saturated carbocycles. The van der Waals surface area contributed by atoms with Crippen molar-refractivity contribution < 1.29 is 8.42 Å². The highest BCUT2D eigenvalue weighted by Crippen LogP contribution is 2.22. The lowest BCUT2D eigenvalue weighted by atomic mass is 10.2. The van der Waals surface area contributed by atoms with Crippen molar-refractivity contribution in [1.82, 2.24) is 9.21 Å². The standard InChI is InChI=1S/C13H21N3O2S/c1-15(2)12-7-8-16(10-12)19(17,18)13-5-3-11(9-14)4-6-13/h3-6,12H,7-10,14H2,1-2H3. The van der Waals surface area contributed by atoms with Crippen LogP contribution in [0.2, 0.25) is 0 Å². The predicted molar refractivity (Wildman–Crippen MR) is 75.2 cm³/mol. The van der Waals surface area contributed by atoms with Crippen LogP contribution < -0.4 is 5.73 Å². The smallest absolute Gasteiger partial charge is 0.243 e. The summed E-state index contributed by atoms with van der Waals surface area (Å²) in [5, 5.41) is 0. The first kappa shape index (κ1) is 14.5. The molecule has 0 aliphatic carbocycles. The van der Waals surface area contributed by atoms with Crippen molar-refractivity contribution in [2.24, 2.45) is 5.73 Å². The van der Waals surface area contributed by atoms with Gasteiger partial charge in [0, 0.05) is 25.7 Å². The van der Waals surface area contributed by atoms with Crippen LogP contribution in [0.1, 0.15) is 12.0 Å². The molecule has 0 aromatic heterocycles. The molecule has 0 amide bonds. The monoisotopic (exact) mass is 283 g/mol. The van der Waals surface area contributed by atoms with Crippen molar-refractivity contribution in [2.75, 3.05) is 27.2 Å². The Kier molecular flexibility index (Phi) is 4.25. The van der Waals surface area contributed by atoms with E-state index in [0.717, 1.165) is 12.0 Å². The molecule has 1 atom stereocenters. The first-order valence-corrected chi connectivity index (χ1v) is 7.84. The Morgan fingerprint density at radius 1 is 1.32 bits per heavy atom. The Balaban J connectivity index is 2.18. The summed E-state index contributed by atoms with van der Waals surface area (Å²) >= 11 is 0. The number of rotatable bonds is 4. The van der Waals surface area contributed by atoms with Crippen LogP contribution in [0.15, 0.2) is 29.2 Å². The number of benzene rings is 1. The van der Waals surface area contributed by atoms with Gasteiger partial charge in [0.2, 0.25) is 10.0 Å². The fourth-order valence-corrected chi connectivity index (χ4v) is 3.79. The summed E-state index contributed by atoms with van der Waals surface area (Å²) in [7, 11) is 0.602.